The first-order valence-electron chi connectivity index (χ1n) is 6.67. The van der Waals surface area contributed by atoms with Gasteiger partial charge in [-0.3, -0.25) is 14.5 Å². The molecule has 0 aliphatic heterocycles. The number of carbonyl (C=O) groups is 2. The van der Waals surface area contributed by atoms with Gasteiger partial charge in [0, 0.05) is 19.0 Å². The number of thiophene rings is 1. The number of nitrogens with zero attached hydrogens (tertiary/aromatic N) is 2. The van der Waals surface area contributed by atoms with Crippen LogP contribution < -0.4 is 10.6 Å². The summed E-state index contributed by atoms with van der Waals surface area (Å²) in [5.41, 5.74) is 0.470. The van der Waals surface area contributed by atoms with E-state index < -0.39 is 0 Å². The summed E-state index contributed by atoms with van der Waals surface area (Å²) in [5.74, 6) is -0.219. The number of rotatable bonds is 7. The number of anilines is 1. The molecule has 1 rings (SSSR count). The lowest BCUT2D eigenvalue weighted by atomic mass is 10.3. The van der Waals surface area contributed by atoms with E-state index in [1.165, 1.54) is 11.3 Å². The first-order valence-corrected chi connectivity index (χ1v) is 7.55. The molecule has 2 N–H and O–H groups in total. The quantitative estimate of drug-likeness (QED) is 0.797. The molecule has 0 unspecified atom stereocenters. The fraction of sp³-hybridized carbons (Fsp3) is 0.500. The average Bonchev–Trinajstić information content (AvgIpc) is 2.82. The molecular weight excluding hydrogens is 288 g/mol. The van der Waals surface area contributed by atoms with Gasteiger partial charge in [0.05, 0.1) is 12.1 Å². The van der Waals surface area contributed by atoms with Gasteiger partial charge in [-0.2, -0.15) is 5.26 Å². The van der Waals surface area contributed by atoms with Crippen LogP contribution in [0.4, 0.5) is 5.00 Å². The number of amides is 2. The second-order valence-electron chi connectivity index (χ2n) is 5.03. The van der Waals surface area contributed by atoms with Crippen LogP contribution >= 0.6 is 11.3 Å². The SMILES string of the molecule is CC(C)NC(=O)CN(C)CCC(=O)Nc1sccc1C#N. The van der Waals surface area contributed by atoms with Crippen molar-refractivity contribution < 1.29 is 9.59 Å². The van der Waals surface area contributed by atoms with Crippen LogP contribution in [-0.4, -0.2) is 42.9 Å². The zero-order chi connectivity index (χ0) is 15.8. The Morgan fingerprint density at radius 2 is 2.14 bits per heavy atom. The predicted octanol–water partition coefficient (Wildman–Crippen LogP) is 1.40. The van der Waals surface area contributed by atoms with Gasteiger partial charge in [-0.1, -0.05) is 0 Å². The standard InChI is InChI=1S/C14H20N4O2S/c1-10(2)16-13(20)9-18(3)6-4-12(19)17-14-11(8-15)5-7-21-14/h5,7,10H,4,6,9H2,1-3H3,(H,16,20)(H,17,19). The van der Waals surface area contributed by atoms with E-state index in [9.17, 15) is 9.59 Å². The van der Waals surface area contributed by atoms with Crippen molar-refractivity contribution in [2.45, 2.75) is 26.3 Å². The van der Waals surface area contributed by atoms with E-state index in [0.29, 0.717) is 17.1 Å². The molecule has 7 heteroatoms. The minimum absolute atomic E-state index is 0.0575. The van der Waals surface area contributed by atoms with Gasteiger partial charge >= 0.3 is 0 Å². The minimum atomic E-state index is -0.162. The van der Waals surface area contributed by atoms with Gasteiger partial charge in [0.25, 0.3) is 0 Å². The molecule has 21 heavy (non-hydrogen) atoms. The van der Waals surface area contributed by atoms with Crippen LogP contribution in [0, 0.1) is 11.3 Å². The van der Waals surface area contributed by atoms with Crippen LogP contribution in [0.15, 0.2) is 11.4 Å². The summed E-state index contributed by atoms with van der Waals surface area (Å²) in [5, 5.41) is 16.7. The lowest BCUT2D eigenvalue weighted by Gasteiger charge is -2.17. The molecule has 114 valence electrons. The van der Waals surface area contributed by atoms with Crippen LogP contribution in [0.2, 0.25) is 0 Å². The third kappa shape index (κ3) is 6.38. The summed E-state index contributed by atoms with van der Waals surface area (Å²) in [6.07, 6.45) is 0.272. The third-order valence-corrected chi connectivity index (χ3v) is 3.45. The Kier molecular flexibility index (Phi) is 6.85. The van der Waals surface area contributed by atoms with Crippen molar-refractivity contribution in [3.8, 4) is 6.07 Å². The summed E-state index contributed by atoms with van der Waals surface area (Å²) >= 11 is 1.32. The van der Waals surface area contributed by atoms with Crippen molar-refractivity contribution in [2.75, 3.05) is 25.5 Å². The molecule has 0 bridgehead atoms. The van der Waals surface area contributed by atoms with Crippen molar-refractivity contribution in [1.29, 1.82) is 5.26 Å². The van der Waals surface area contributed by atoms with Gasteiger partial charge in [-0.25, -0.2) is 0 Å². The van der Waals surface area contributed by atoms with Gasteiger partial charge in [-0.05, 0) is 32.3 Å². The molecule has 0 saturated carbocycles. The lowest BCUT2D eigenvalue weighted by Crippen LogP contribution is -2.39. The molecule has 0 atom stereocenters. The molecule has 0 aromatic carbocycles. The maximum Gasteiger partial charge on any atom is 0.234 e. The molecule has 0 spiro atoms. The van der Waals surface area contributed by atoms with E-state index in [4.69, 9.17) is 5.26 Å². The van der Waals surface area contributed by atoms with Crippen LogP contribution in [0.5, 0.6) is 0 Å². The molecule has 0 fully saturated rings. The number of carbonyl (C=O) groups excluding carboxylic acids is 2. The summed E-state index contributed by atoms with van der Waals surface area (Å²) in [6, 6.07) is 3.80. The number of likely N-dealkylation sites (N-methyl/N-ethyl adjacent to an activating group) is 1. The second kappa shape index (κ2) is 8.39. The van der Waals surface area contributed by atoms with Crippen molar-refractivity contribution in [3.05, 3.63) is 17.0 Å². The highest BCUT2D eigenvalue weighted by molar-refractivity contribution is 7.14. The molecular formula is C14H20N4O2S. The average molecular weight is 308 g/mol. The van der Waals surface area contributed by atoms with E-state index in [1.807, 2.05) is 19.9 Å². The number of hydrogen-bond donors (Lipinski definition) is 2. The van der Waals surface area contributed by atoms with Crippen LogP contribution in [-0.2, 0) is 9.59 Å². The van der Waals surface area contributed by atoms with E-state index >= 15 is 0 Å². The number of nitrogens with one attached hydrogen (secondary N) is 2. The Balaban J connectivity index is 2.33. The second-order valence-corrected chi connectivity index (χ2v) is 5.95. The molecule has 0 aliphatic rings. The highest BCUT2D eigenvalue weighted by Crippen LogP contribution is 2.22. The highest BCUT2D eigenvalue weighted by Gasteiger charge is 2.11. The maximum atomic E-state index is 11.8. The van der Waals surface area contributed by atoms with Crippen LogP contribution in [0.1, 0.15) is 25.8 Å². The lowest BCUT2D eigenvalue weighted by molar-refractivity contribution is -0.123. The Labute approximate surface area is 128 Å². The van der Waals surface area contributed by atoms with Crippen molar-refractivity contribution in [3.63, 3.8) is 0 Å². The Morgan fingerprint density at radius 1 is 1.43 bits per heavy atom. The Hall–Kier alpha value is -1.91. The van der Waals surface area contributed by atoms with Crippen molar-refractivity contribution >= 4 is 28.2 Å². The predicted molar refractivity (Wildman–Crippen MR) is 83.1 cm³/mol. The number of nitriles is 1. The molecule has 1 aromatic rings. The van der Waals surface area contributed by atoms with Crippen LogP contribution in [0.25, 0.3) is 0 Å². The maximum absolute atomic E-state index is 11.8. The summed E-state index contributed by atoms with van der Waals surface area (Å²) in [7, 11) is 1.79. The number of hydrogen-bond acceptors (Lipinski definition) is 5. The summed E-state index contributed by atoms with van der Waals surface area (Å²) in [6.45, 7) is 4.54. The van der Waals surface area contributed by atoms with Crippen molar-refractivity contribution in [1.82, 2.24) is 10.2 Å². The molecule has 0 aliphatic carbocycles. The topological polar surface area (TPSA) is 85.2 Å². The molecule has 0 saturated heterocycles. The van der Waals surface area contributed by atoms with E-state index in [0.717, 1.165) is 0 Å². The molecule has 1 heterocycles. The van der Waals surface area contributed by atoms with Crippen LogP contribution in [0.3, 0.4) is 0 Å². The molecule has 2 amide bonds. The van der Waals surface area contributed by atoms with Gasteiger partial charge in [0.1, 0.15) is 11.1 Å². The summed E-state index contributed by atoms with van der Waals surface area (Å²) < 4.78 is 0. The van der Waals surface area contributed by atoms with Gasteiger partial charge in [0.15, 0.2) is 0 Å². The zero-order valence-corrected chi connectivity index (χ0v) is 13.3. The fourth-order valence-corrected chi connectivity index (χ4v) is 2.42. The zero-order valence-electron chi connectivity index (χ0n) is 12.5. The molecule has 6 nitrogen and oxygen atoms in total. The van der Waals surface area contributed by atoms with E-state index in [2.05, 4.69) is 10.6 Å². The van der Waals surface area contributed by atoms with Crippen molar-refractivity contribution in [2.24, 2.45) is 0 Å². The Morgan fingerprint density at radius 3 is 2.76 bits per heavy atom. The first kappa shape index (κ1) is 17.1. The van der Waals surface area contributed by atoms with E-state index in [-0.39, 0.29) is 30.8 Å². The van der Waals surface area contributed by atoms with E-state index in [1.54, 1.807) is 23.4 Å². The smallest absolute Gasteiger partial charge is 0.234 e. The normalized spacial score (nSPS) is 10.5. The van der Waals surface area contributed by atoms with Gasteiger partial charge in [-0.15, -0.1) is 11.3 Å². The summed E-state index contributed by atoms with van der Waals surface area (Å²) in [4.78, 5) is 25.2. The highest BCUT2D eigenvalue weighted by atomic mass is 32.1. The molecule has 1 aromatic heterocycles. The molecule has 0 radical (unpaired) electrons. The Bertz CT molecular complexity index is 533. The fourth-order valence-electron chi connectivity index (χ4n) is 1.67. The van der Waals surface area contributed by atoms with Gasteiger partial charge in [0.2, 0.25) is 11.8 Å². The third-order valence-electron chi connectivity index (χ3n) is 2.62. The monoisotopic (exact) mass is 308 g/mol. The first-order chi connectivity index (χ1) is 9.92. The van der Waals surface area contributed by atoms with Gasteiger partial charge < -0.3 is 10.6 Å². The minimum Gasteiger partial charge on any atom is -0.353 e. The largest absolute Gasteiger partial charge is 0.353 e.